The molecule has 3 rings (SSSR count). The summed E-state index contributed by atoms with van der Waals surface area (Å²) in [6.07, 6.45) is 11.2. The minimum Gasteiger partial charge on any atom is -0.399 e. The molecule has 0 amide bonds. The first-order valence-electron chi connectivity index (χ1n) is 7.96. The lowest BCUT2D eigenvalue weighted by molar-refractivity contribution is 0.164. The van der Waals surface area contributed by atoms with Gasteiger partial charge in [0.05, 0.1) is 0 Å². The molecule has 2 fully saturated rings. The van der Waals surface area contributed by atoms with Crippen LogP contribution in [0.15, 0.2) is 24.3 Å². The summed E-state index contributed by atoms with van der Waals surface area (Å²) in [5, 5.41) is 0. The van der Waals surface area contributed by atoms with E-state index in [-0.39, 0.29) is 0 Å². The van der Waals surface area contributed by atoms with Crippen LogP contribution < -0.4 is 5.73 Å². The van der Waals surface area contributed by atoms with Gasteiger partial charge in [-0.2, -0.15) is 0 Å². The Balaban J connectivity index is 1.74. The highest BCUT2D eigenvalue weighted by atomic mass is 15.2. The van der Waals surface area contributed by atoms with Gasteiger partial charge in [-0.3, -0.25) is 4.90 Å². The van der Waals surface area contributed by atoms with Gasteiger partial charge in [0, 0.05) is 17.8 Å². The van der Waals surface area contributed by atoms with Crippen molar-refractivity contribution in [3.05, 3.63) is 29.8 Å². The molecular weight excluding hydrogens is 232 g/mol. The van der Waals surface area contributed by atoms with E-state index in [9.17, 15) is 0 Å². The summed E-state index contributed by atoms with van der Waals surface area (Å²) in [6.45, 7) is 1.29. The highest BCUT2D eigenvalue weighted by Crippen LogP contribution is 2.37. The van der Waals surface area contributed by atoms with E-state index in [0.29, 0.717) is 6.04 Å². The quantitative estimate of drug-likeness (QED) is 0.638. The molecule has 1 atom stereocenters. The molecule has 1 aromatic carbocycles. The van der Waals surface area contributed by atoms with E-state index >= 15 is 0 Å². The lowest BCUT2D eigenvalue weighted by Gasteiger charge is -2.33. The molecule has 1 heterocycles. The van der Waals surface area contributed by atoms with Gasteiger partial charge >= 0.3 is 0 Å². The SMILES string of the molecule is Nc1ccc(C2CCCN2C2CCCCCC2)cc1. The standard InChI is InChI=1S/C17H26N2/c18-15-11-9-14(10-12-15)17-8-5-13-19(17)16-6-3-1-2-4-7-16/h9-12,16-17H,1-8,13,18H2. The van der Waals surface area contributed by atoms with Gasteiger partial charge in [0.25, 0.3) is 0 Å². The third kappa shape index (κ3) is 2.94. The summed E-state index contributed by atoms with van der Waals surface area (Å²) in [4.78, 5) is 2.79. The molecule has 1 saturated carbocycles. The van der Waals surface area contributed by atoms with Gasteiger partial charge in [0.1, 0.15) is 0 Å². The van der Waals surface area contributed by atoms with Gasteiger partial charge in [-0.1, -0.05) is 37.8 Å². The Morgan fingerprint density at radius 2 is 1.53 bits per heavy atom. The molecule has 19 heavy (non-hydrogen) atoms. The van der Waals surface area contributed by atoms with Crippen LogP contribution in [-0.2, 0) is 0 Å². The fourth-order valence-corrected chi connectivity index (χ4v) is 3.89. The van der Waals surface area contributed by atoms with Gasteiger partial charge in [0.2, 0.25) is 0 Å². The largest absolute Gasteiger partial charge is 0.399 e. The van der Waals surface area contributed by atoms with Gasteiger partial charge in [0.15, 0.2) is 0 Å². The molecule has 0 spiro atoms. The van der Waals surface area contributed by atoms with Crippen molar-refractivity contribution in [3.63, 3.8) is 0 Å². The van der Waals surface area contributed by atoms with E-state index in [0.717, 1.165) is 11.7 Å². The zero-order chi connectivity index (χ0) is 13.1. The van der Waals surface area contributed by atoms with E-state index in [1.54, 1.807) is 0 Å². The fourth-order valence-electron chi connectivity index (χ4n) is 3.89. The van der Waals surface area contributed by atoms with Crippen LogP contribution in [0.4, 0.5) is 5.69 Å². The summed E-state index contributed by atoms with van der Waals surface area (Å²) in [7, 11) is 0. The summed E-state index contributed by atoms with van der Waals surface area (Å²) in [5.41, 5.74) is 8.16. The molecule has 104 valence electrons. The van der Waals surface area contributed by atoms with Crippen molar-refractivity contribution in [2.45, 2.75) is 63.5 Å². The summed E-state index contributed by atoms with van der Waals surface area (Å²) in [5.74, 6) is 0. The Labute approximate surface area is 117 Å². The number of likely N-dealkylation sites (tertiary alicyclic amines) is 1. The number of nitrogens with zero attached hydrogens (tertiary/aromatic N) is 1. The smallest absolute Gasteiger partial charge is 0.0351 e. The van der Waals surface area contributed by atoms with Gasteiger partial charge in [-0.05, 0) is 49.9 Å². The summed E-state index contributed by atoms with van der Waals surface area (Å²) in [6, 6.07) is 10.0. The number of rotatable bonds is 2. The molecule has 1 aliphatic heterocycles. The Kier molecular flexibility index (Phi) is 4.07. The summed E-state index contributed by atoms with van der Waals surface area (Å²) >= 11 is 0. The van der Waals surface area contributed by atoms with Crippen LogP contribution in [0, 0.1) is 0 Å². The molecule has 0 radical (unpaired) electrons. The minimum absolute atomic E-state index is 0.642. The molecule has 1 aromatic rings. The first kappa shape index (κ1) is 13.0. The maximum atomic E-state index is 5.81. The topological polar surface area (TPSA) is 29.3 Å². The van der Waals surface area contributed by atoms with Crippen LogP contribution in [-0.4, -0.2) is 17.5 Å². The van der Waals surface area contributed by atoms with E-state index in [4.69, 9.17) is 5.73 Å². The molecule has 1 aliphatic carbocycles. The number of hydrogen-bond donors (Lipinski definition) is 1. The number of benzene rings is 1. The van der Waals surface area contributed by atoms with Crippen LogP contribution in [0.2, 0.25) is 0 Å². The fraction of sp³-hybridized carbons (Fsp3) is 0.647. The number of nitrogens with two attached hydrogens (primary N) is 1. The normalized spacial score (nSPS) is 26.4. The van der Waals surface area contributed by atoms with E-state index in [1.165, 1.54) is 63.5 Å². The predicted octanol–water partition coefficient (Wildman–Crippen LogP) is 4.13. The van der Waals surface area contributed by atoms with E-state index < -0.39 is 0 Å². The van der Waals surface area contributed by atoms with Crippen molar-refractivity contribution < 1.29 is 0 Å². The van der Waals surface area contributed by atoms with Crippen molar-refractivity contribution in [3.8, 4) is 0 Å². The summed E-state index contributed by atoms with van der Waals surface area (Å²) < 4.78 is 0. The zero-order valence-corrected chi connectivity index (χ0v) is 11.9. The molecule has 2 heteroatoms. The number of anilines is 1. The maximum absolute atomic E-state index is 5.81. The van der Waals surface area contributed by atoms with Crippen LogP contribution in [0.3, 0.4) is 0 Å². The van der Waals surface area contributed by atoms with Crippen molar-refractivity contribution in [2.75, 3.05) is 12.3 Å². The molecule has 2 N–H and O–H groups in total. The second-order valence-electron chi connectivity index (χ2n) is 6.21. The molecule has 0 aromatic heterocycles. The monoisotopic (exact) mass is 258 g/mol. The van der Waals surface area contributed by atoms with Crippen LogP contribution >= 0.6 is 0 Å². The number of hydrogen-bond acceptors (Lipinski definition) is 2. The molecule has 1 saturated heterocycles. The average molecular weight is 258 g/mol. The van der Waals surface area contributed by atoms with Crippen LogP contribution in [0.25, 0.3) is 0 Å². The Bertz CT molecular complexity index is 390. The third-order valence-corrected chi connectivity index (χ3v) is 4.91. The van der Waals surface area contributed by atoms with Gasteiger partial charge in [-0.15, -0.1) is 0 Å². The molecule has 2 nitrogen and oxygen atoms in total. The minimum atomic E-state index is 0.642. The first-order chi connectivity index (χ1) is 9.34. The maximum Gasteiger partial charge on any atom is 0.0351 e. The molecule has 2 aliphatic rings. The molecule has 1 unspecified atom stereocenters. The zero-order valence-electron chi connectivity index (χ0n) is 11.9. The predicted molar refractivity (Wildman–Crippen MR) is 81.0 cm³/mol. The van der Waals surface area contributed by atoms with Crippen molar-refractivity contribution in [2.24, 2.45) is 0 Å². The Hall–Kier alpha value is -1.02. The lowest BCUT2D eigenvalue weighted by atomic mass is 10.0. The highest BCUT2D eigenvalue weighted by molar-refractivity contribution is 5.40. The second-order valence-corrected chi connectivity index (χ2v) is 6.21. The van der Waals surface area contributed by atoms with Crippen LogP contribution in [0.5, 0.6) is 0 Å². The highest BCUT2D eigenvalue weighted by Gasteiger charge is 2.31. The van der Waals surface area contributed by atoms with E-state index in [1.807, 2.05) is 0 Å². The third-order valence-electron chi connectivity index (χ3n) is 4.91. The van der Waals surface area contributed by atoms with Gasteiger partial charge < -0.3 is 5.73 Å². The van der Waals surface area contributed by atoms with E-state index in [2.05, 4.69) is 29.2 Å². The van der Waals surface area contributed by atoms with Gasteiger partial charge in [-0.25, -0.2) is 0 Å². The average Bonchev–Trinajstić information content (AvgIpc) is 2.75. The Morgan fingerprint density at radius 3 is 2.21 bits per heavy atom. The molecule has 0 bridgehead atoms. The Morgan fingerprint density at radius 1 is 0.842 bits per heavy atom. The lowest BCUT2D eigenvalue weighted by Crippen LogP contribution is -2.34. The van der Waals surface area contributed by atoms with Crippen molar-refractivity contribution in [1.29, 1.82) is 0 Å². The van der Waals surface area contributed by atoms with Crippen LogP contribution in [0.1, 0.15) is 63.0 Å². The van der Waals surface area contributed by atoms with Crippen molar-refractivity contribution in [1.82, 2.24) is 4.90 Å². The molecular formula is C17H26N2. The number of nitrogen functional groups attached to an aromatic ring is 1. The van der Waals surface area contributed by atoms with Crippen molar-refractivity contribution >= 4 is 5.69 Å². The first-order valence-corrected chi connectivity index (χ1v) is 7.96. The second kappa shape index (κ2) is 5.96.